The Kier molecular flexibility index (Phi) is 3.11. The fourth-order valence-electron chi connectivity index (χ4n) is 2.57. The maximum atomic E-state index is 11.9. The predicted molar refractivity (Wildman–Crippen MR) is 59.2 cm³/mol. The molecule has 1 aliphatic rings. The third-order valence-electron chi connectivity index (χ3n) is 3.75. The fraction of sp³-hybridized carbons (Fsp3) is 0.909. The zero-order valence-corrected chi connectivity index (χ0v) is 9.79. The highest BCUT2D eigenvalue weighted by Gasteiger charge is 2.52. The standard InChI is InChI=1S/C11H20OS/c1-4-6-11(8-13)9(12)5-7-10(11,2)3/h13H,4-8H2,1-3H3. The van der Waals surface area contributed by atoms with E-state index >= 15 is 0 Å². The Balaban J connectivity index is 2.98. The van der Waals surface area contributed by atoms with Crippen LogP contribution in [0, 0.1) is 10.8 Å². The van der Waals surface area contributed by atoms with Crippen LogP contribution in [0.5, 0.6) is 0 Å². The summed E-state index contributed by atoms with van der Waals surface area (Å²) in [4.78, 5) is 11.9. The van der Waals surface area contributed by atoms with E-state index in [0.717, 1.165) is 25.7 Å². The van der Waals surface area contributed by atoms with E-state index in [4.69, 9.17) is 0 Å². The average Bonchev–Trinajstić information content (AvgIpc) is 2.29. The second-order valence-electron chi connectivity index (χ2n) is 4.80. The normalized spacial score (nSPS) is 32.5. The lowest BCUT2D eigenvalue weighted by Gasteiger charge is -2.39. The molecule has 1 aliphatic carbocycles. The van der Waals surface area contributed by atoms with Crippen molar-refractivity contribution in [3.05, 3.63) is 0 Å². The van der Waals surface area contributed by atoms with Gasteiger partial charge in [0.05, 0.1) is 0 Å². The number of rotatable bonds is 3. The number of carbonyl (C=O) groups is 1. The molecule has 1 fully saturated rings. The molecule has 13 heavy (non-hydrogen) atoms. The van der Waals surface area contributed by atoms with Crippen LogP contribution in [0.25, 0.3) is 0 Å². The molecule has 0 aliphatic heterocycles. The Morgan fingerprint density at radius 2 is 2.08 bits per heavy atom. The molecule has 0 heterocycles. The van der Waals surface area contributed by atoms with Gasteiger partial charge in [0, 0.05) is 17.6 Å². The lowest BCUT2D eigenvalue weighted by Crippen LogP contribution is -2.40. The van der Waals surface area contributed by atoms with Crippen molar-refractivity contribution in [3.8, 4) is 0 Å². The molecule has 76 valence electrons. The van der Waals surface area contributed by atoms with Gasteiger partial charge in [0.25, 0.3) is 0 Å². The second kappa shape index (κ2) is 3.64. The summed E-state index contributed by atoms with van der Waals surface area (Å²) in [5.74, 6) is 1.15. The van der Waals surface area contributed by atoms with E-state index in [1.165, 1.54) is 0 Å². The smallest absolute Gasteiger partial charge is 0.140 e. The predicted octanol–water partition coefficient (Wildman–Crippen LogP) is 3.09. The van der Waals surface area contributed by atoms with Gasteiger partial charge in [0.15, 0.2) is 0 Å². The lowest BCUT2D eigenvalue weighted by molar-refractivity contribution is -0.128. The number of hydrogen-bond acceptors (Lipinski definition) is 2. The average molecular weight is 200 g/mol. The van der Waals surface area contributed by atoms with Gasteiger partial charge in [-0.15, -0.1) is 0 Å². The Bertz CT molecular complexity index is 210. The van der Waals surface area contributed by atoms with Crippen LogP contribution in [-0.2, 0) is 4.79 Å². The van der Waals surface area contributed by atoms with Gasteiger partial charge in [0.2, 0.25) is 0 Å². The molecule has 2 heteroatoms. The minimum atomic E-state index is -0.134. The van der Waals surface area contributed by atoms with Crippen LogP contribution in [0.3, 0.4) is 0 Å². The van der Waals surface area contributed by atoms with Gasteiger partial charge in [0.1, 0.15) is 5.78 Å². The molecule has 0 spiro atoms. The minimum Gasteiger partial charge on any atom is -0.299 e. The zero-order chi connectivity index (χ0) is 10.1. The largest absolute Gasteiger partial charge is 0.299 e. The summed E-state index contributed by atoms with van der Waals surface area (Å²) in [5.41, 5.74) is 0.0205. The summed E-state index contributed by atoms with van der Waals surface area (Å²) in [5, 5.41) is 0. The summed E-state index contributed by atoms with van der Waals surface area (Å²) in [7, 11) is 0. The first-order chi connectivity index (χ1) is 6.00. The van der Waals surface area contributed by atoms with Crippen LogP contribution in [-0.4, -0.2) is 11.5 Å². The highest BCUT2D eigenvalue weighted by Crippen LogP contribution is 2.53. The molecule has 0 aromatic heterocycles. The van der Waals surface area contributed by atoms with Gasteiger partial charge < -0.3 is 0 Å². The molecule has 0 saturated heterocycles. The lowest BCUT2D eigenvalue weighted by atomic mass is 9.66. The van der Waals surface area contributed by atoms with Crippen molar-refractivity contribution in [2.45, 2.75) is 46.5 Å². The maximum Gasteiger partial charge on any atom is 0.140 e. The zero-order valence-electron chi connectivity index (χ0n) is 8.89. The third kappa shape index (κ3) is 1.54. The number of carbonyl (C=O) groups excluding carboxylic acids is 1. The number of ketones is 1. The van der Waals surface area contributed by atoms with Crippen molar-refractivity contribution in [1.82, 2.24) is 0 Å². The Morgan fingerprint density at radius 1 is 1.46 bits per heavy atom. The number of thiol groups is 1. The van der Waals surface area contributed by atoms with E-state index in [0.29, 0.717) is 11.5 Å². The van der Waals surface area contributed by atoms with Crippen LogP contribution < -0.4 is 0 Å². The molecule has 1 saturated carbocycles. The summed E-state index contributed by atoms with van der Waals surface area (Å²) >= 11 is 4.39. The highest BCUT2D eigenvalue weighted by molar-refractivity contribution is 7.80. The first-order valence-corrected chi connectivity index (χ1v) is 5.77. The number of Topliss-reactive ketones (excluding diaryl/α,β-unsaturated/α-hetero) is 1. The topological polar surface area (TPSA) is 17.1 Å². The number of hydrogen-bond donors (Lipinski definition) is 1. The van der Waals surface area contributed by atoms with Gasteiger partial charge >= 0.3 is 0 Å². The molecule has 1 rings (SSSR count). The molecule has 0 radical (unpaired) electrons. The molecule has 0 N–H and O–H groups in total. The van der Waals surface area contributed by atoms with E-state index in [1.54, 1.807) is 0 Å². The minimum absolute atomic E-state index is 0.134. The van der Waals surface area contributed by atoms with E-state index in [-0.39, 0.29) is 10.8 Å². The second-order valence-corrected chi connectivity index (χ2v) is 5.11. The SMILES string of the molecule is CCCC1(CS)C(=O)CCC1(C)C. The van der Waals surface area contributed by atoms with Crippen molar-refractivity contribution in [3.63, 3.8) is 0 Å². The highest BCUT2D eigenvalue weighted by atomic mass is 32.1. The first-order valence-electron chi connectivity index (χ1n) is 5.14. The van der Waals surface area contributed by atoms with Crippen molar-refractivity contribution in [2.75, 3.05) is 5.75 Å². The van der Waals surface area contributed by atoms with Gasteiger partial charge in [-0.25, -0.2) is 0 Å². The molecule has 1 nitrogen and oxygen atoms in total. The van der Waals surface area contributed by atoms with E-state index < -0.39 is 0 Å². The monoisotopic (exact) mass is 200 g/mol. The van der Waals surface area contributed by atoms with E-state index in [2.05, 4.69) is 33.4 Å². The van der Waals surface area contributed by atoms with E-state index in [1.807, 2.05) is 0 Å². The fourth-order valence-corrected chi connectivity index (χ4v) is 3.33. The van der Waals surface area contributed by atoms with E-state index in [9.17, 15) is 4.79 Å². The summed E-state index contributed by atoms with van der Waals surface area (Å²) < 4.78 is 0. The first kappa shape index (κ1) is 11.1. The van der Waals surface area contributed by atoms with Crippen molar-refractivity contribution in [2.24, 2.45) is 10.8 Å². The van der Waals surface area contributed by atoms with Gasteiger partial charge in [-0.2, -0.15) is 12.6 Å². The molecule has 0 amide bonds. The molecular formula is C11H20OS. The Labute approximate surface area is 86.7 Å². The van der Waals surface area contributed by atoms with Gasteiger partial charge in [-0.3, -0.25) is 4.79 Å². The van der Waals surface area contributed by atoms with Gasteiger partial charge in [-0.1, -0.05) is 27.2 Å². The Morgan fingerprint density at radius 3 is 2.38 bits per heavy atom. The maximum absolute atomic E-state index is 11.9. The van der Waals surface area contributed by atoms with Crippen molar-refractivity contribution < 1.29 is 4.79 Å². The summed E-state index contributed by atoms with van der Waals surface area (Å²) in [6.45, 7) is 6.57. The Hall–Kier alpha value is 0.0200. The molecular weight excluding hydrogens is 180 g/mol. The third-order valence-corrected chi connectivity index (χ3v) is 4.29. The van der Waals surface area contributed by atoms with Crippen LogP contribution in [0.4, 0.5) is 0 Å². The van der Waals surface area contributed by atoms with Crippen LogP contribution in [0.1, 0.15) is 46.5 Å². The molecule has 1 atom stereocenters. The quantitative estimate of drug-likeness (QED) is 0.693. The molecule has 0 bridgehead atoms. The van der Waals surface area contributed by atoms with Crippen molar-refractivity contribution in [1.29, 1.82) is 0 Å². The van der Waals surface area contributed by atoms with Crippen LogP contribution in [0.2, 0.25) is 0 Å². The summed E-state index contributed by atoms with van der Waals surface area (Å²) in [6.07, 6.45) is 3.87. The van der Waals surface area contributed by atoms with Crippen LogP contribution >= 0.6 is 12.6 Å². The molecule has 1 unspecified atom stereocenters. The molecule has 0 aromatic carbocycles. The van der Waals surface area contributed by atoms with Crippen LogP contribution in [0.15, 0.2) is 0 Å². The summed E-state index contributed by atoms with van der Waals surface area (Å²) in [6, 6.07) is 0. The molecule has 0 aromatic rings. The van der Waals surface area contributed by atoms with Crippen molar-refractivity contribution >= 4 is 18.4 Å². The van der Waals surface area contributed by atoms with Gasteiger partial charge in [-0.05, 0) is 18.3 Å².